The number of aryl methyl sites for hydroxylation is 1. The monoisotopic (exact) mass is 321 g/mol. The molecule has 124 valence electrons. The summed E-state index contributed by atoms with van der Waals surface area (Å²) in [4.78, 5) is 0. The lowest BCUT2D eigenvalue weighted by Gasteiger charge is -2.09. The summed E-state index contributed by atoms with van der Waals surface area (Å²) >= 11 is 0. The molecule has 0 bridgehead atoms. The molecule has 1 heterocycles. The molecule has 3 nitrogen and oxygen atoms in total. The maximum Gasteiger partial charge on any atom is 0.394 e. The van der Waals surface area contributed by atoms with Crippen molar-refractivity contribution < 1.29 is 9.42 Å². The van der Waals surface area contributed by atoms with Crippen molar-refractivity contribution in [1.29, 1.82) is 0 Å². The Morgan fingerprint density at radius 3 is 2.08 bits per heavy atom. The number of hydrogen-bond acceptors (Lipinski definition) is 1. The fraction of sp³-hybridized carbons (Fsp3) is 0.286. The van der Waals surface area contributed by atoms with Gasteiger partial charge in [-0.3, -0.25) is 0 Å². The molecule has 0 saturated carbocycles. The van der Waals surface area contributed by atoms with Crippen LogP contribution in [-0.2, 0) is 13.1 Å². The molecular formula is C21H25N2O+. The third kappa shape index (κ3) is 3.85. The molecule has 1 aromatic heterocycles. The molecule has 0 fully saturated rings. The number of ether oxygens (including phenoxy) is 1. The standard InChI is InChI=1S/C21H25N2O/c1-17(2)24-21-14-18(3)22(15-19-10-6-4-7-11-19)23(21)16-20-12-8-5-9-13-20/h4-14,17H,15-16H2,1-3H3/q+1. The van der Waals surface area contributed by atoms with Crippen LogP contribution in [0, 0.1) is 6.92 Å². The van der Waals surface area contributed by atoms with Crippen LogP contribution in [0.3, 0.4) is 0 Å². The van der Waals surface area contributed by atoms with Gasteiger partial charge < -0.3 is 4.74 Å². The van der Waals surface area contributed by atoms with Gasteiger partial charge in [-0.25, -0.2) is 0 Å². The molecule has 3 aromatic rings. The molecule has 0 spiro atoms. The van der Waals surface area contributed by atoms with Crippen LogP contribution in [0.4, 0.5) is 0 Å². The Morgan fingerprint density at radius 1 is 0.917 bits per heavy atom. The first-order chi connectivity index (χ1) is 11.6. The largest absolute Gasteiger partial charge is 0.440 e. The Kier molecular flexibility index (Phi) is 4.99. The van der Waals surface area contributed by atoms with E-state index >= 15 is 0 Å². The average Bonchev–Trinajstić information content (AvgIpc) is 2.84. The maximum atomic E-state index is 6.06. The summed E-state index contributed by atoms with van der Waals surface area (Å²) in [7, 11) is 0. The normalized spacial score (nSPS) is 11.0. The lowest BCUT2D eigenvalue weighted by atomic mass is 10.2. The highest BCUT2D eigenvalue weighted by atomic mass is 16.5. The first-order valence-corrected chi connectivity index (χ1v) is 8.48. The second-order valence-corrected chi connectivity index (χ2v) is 6.38. The van der Waals surface area contributed by atoms with Crippen LogP contribution < -0.4 is 9.42 Å². The Balaban J connectivity index is 1.98. The lowest BCUT2D eigenvalue weighted by molar-refractivity contribution is -0.771. The Morgan fingerprint density at radius 2 is 1.50 bits per heavy atom. The summed E-state index contributed by atoms with van der Waals surface area (Å²) in [5, 5.41) is 0. The predicted octanol–water partition coefficient (Wildman–Crippen LogP) is 3.97. The van der Waals surface area contributed by atoms with Crippen LogP contribution in [0.5, 0.6) is 5.88 Å². The Bertz CT molecular complexity index is 776. The average molecular weight is 321 g/mol. The van der Waals surface area contributed by atoms with Gasteiger partial charge in [0.05, 0.1) is 17.9 Å². The number of aromatic nitrogens is 2. The molecule has 0 amide bonds. The second kappa shape index (κ2) is 7.35. The number of benzene rings is 2. The minimum Gasteiger partial charge on any atom is -0.440 e. The van der Waals surface area contributed by atoms with Crippen LogP contribution >= 0.6 is 0 Å². The van der Waals surface area contributed by atoms with Crippen LogP contribution in [0.15, 0.2) is 66.7 Å². The summed E-state index contributed by atoms with van der Waals surface area (Å²) in [6, 6.07) is 23.2. The topological polar surface area (TPSA) is 18.0 Å². The third-order valence-corrected chi connectivity index (χ3v) is 3.99. The minimum atomic E-state index is 0.152. The molecule has 3 rings (SSSR count). The third-order valence-electron chi connectivity index (χ3n) is 3.99. The minimum absolute atomic E-state index is 0.152. The molecule has 0 aliphatic heterocycles. The summed E-state index contributed by atoms with van der Waals surface area (Å²) in [6.07, 6.45) is 0.152. The van der Waals surface area contributed by atoms with Crippen molar-refractivity contribution in [1.82, 2.24) is 4.68 Å². The molecule has 0 aliphatic carbocycles. The van der Waals surface area contributed by atoms with E-state index in [9.17, 15) is 0 Å². The van der Waals surface area contributed by atoms with Crippen LogP contribution in [0.25, 0.3) is 0 Å². The Hall–Kier alpha value is -2.55. The van der Waals surface area contributed by atoms with Gasteiger partial charge in [-0.2, -0.15) is 4.68 Å². The first kappa shape index (κ1) is 16.3. The molecule has 0 aliphatic rings. The second-order valence-electron chi connectivity index (χ2n) is 6.38. The van der Waals surface area contributed by atoms with Gasteiger partial charge in [0.1, 0.15) is 6.54 Å². The zero-order valence-electron chi connectivity index (χ0n) is 14.6. The molecule has 0 unspecified atom stereocenters. The number of rotatable bonds is 6. The molecule has 0 atom stereocenters. The van der Waals surface area contributed by atoms with Gasteiger partial charge in [0.25, 0.3) is 0 Å². The molecular weight excluding hydrogens is 296 g/mol. The zero-order chi connectivity index (χ0) is 16.9. The van der Waals surface area contributed by atoms with E-state index in [4.69, 9.17) is 4.74 Å². The van der Waals surface area contributed by atoms with Crippen molar-refractivity contribution in [2.24, 2.45) is 0 Å². The molecule has 24 heavy (non-hydrogen) atoms. The van der Waals surface area contributed by atoms with Crippen molar-refractivity contribution >= 4 is 0 Å². The highest BCUT2D eigenvalue weighted by Gasteiger charge is 2.23. The van der Waals surface area contributed by atoms with Gasteiger partial charge in [0.2, 0.25) is 6.54 Å². The van der Waals surface area contributed by atoms with Gasteiger partial charge in [-0.1, -0.05) is 65.3 Å². The van der Waals surface area contributed by atoms with Crippen molar-refractivity contribution in [3.05, 3.63) is 83.6 Å². The molecule has 0 N–H and O–H groups in total. The van der Waals surface area contributed by atoms with Gasteiger partial charge in [-0.15, -0.1) is 0 Å². The van der Waals surface area contributed by atoms with Crippen molar-refractivity contribution in [3.63, 3.8) is 0 Å². The fourth-order valence-electron chi connectivity index (χ4n) is 2.86. The zero-order valence-corrected chi connectivity index (χ0v) is 14.6. The van der Waals surface area contributed by atoms with E-state index in [1.807, 2.05) is 6.07 Å². The smallest absolute Gasteiger partial charge is 0.394 e. The van der Waals surface area contributed by atoms with E-state index in [0.717, 1.165) is 19.0 Å². The van der Waals surface area contributed by atoms with Gasteiger partial charge >= 0.3 is 5.88 Å². The lowest BCUT2D eigenvalue weighted by Crippen LogP contribution is -2.45. The van der Waals surface area contributed by atoms with E-state index < -0.39 is 0 Å². The van der Waals surface area contributed by atoms with Crippen LogP contribution in [0.1, 0.15) is 30.7 Å². The highest BCUT2D eigenvalue weighted by Crippen LogP contribution is 2.14. The predicted molar refractivity (Wildman–Crippen MR) is 96.2 cm³/mol. The van der Waals surface area contributed by atoms with Gasteiger partial charge in [0.15, 0.2) is 0 Å². The first-order valence-electron chi connectivity index (χ1n) is 8.48. The van der Waals surface area contributed by atoms with Crippen LogP contribution in [-0.4, -0.2) is 10.8 Å². The summed E-state index contributed by atoms with van der Waals surface area (Å²) in [6.45, 7) is 7.90. The van der Waals surface area contributed by atoms with E-state index in [1.165, 1.54) is 16.8 Å². The molecule has 2 aromatic carbocycles. The van der Waals surface area contributed by atoms with E-state index in [0.29, 0.717) is 0 Å². The maximum absolute atomic E-state index is 6.06. The van der Waals surface area contributed by atoms with Crippen LogP contribution in [0.2, 0.25) is 0 Å². The summed E-state index contributed by atoms with van der Waals surface area (Å²) < 4.78 is 10.6. The number of hydrogen-bond donors (Lipinski definition) is 0. The van der Waals surface area contributed by atoms with Crippen molar-refractivity contribution in [3.8, 4) is 5.88 Å². The van der Waals surface area contributed by atoms with E-state index in [1.54, 1.807) is 0 Å². The summed E-state index contributed by atoms with van der Waals surface area (Å²) in [5.41, 5.74) is 3.75. The van der Waals surface area contributed by atoms with Gasteiger partial charge in [0, 0.05) is 5.56 Å². The van der Waals surface area contributed by atoms with E-state index in [2.05, 4.69) is 90.8 Å². The van der Waals surface area contributed by atoms with Gasteiger partial charge in [-0.05, 0) is 26.3 Å². The quantitative estimate of drug-likeness (QED) is 0.628. The molecule has 0 radical (unpaired) electrons. The summed E-state index contributed by atoms with van der Waals surface area (Å²) in [5.74, 6) is 0.919. The molecule has 0 saturated heterocycles. The SMILES string of the molecule is Cc1cc(OC(C)C)[n+](Cc2ccccc2)n1Cc1ccccc1. The Labute approximate surface area is 144 Å². The number of nitrogens with zero attached hydrogens (tertiary/aromatic N) is 2. The molecule has 3 heteroatoms. The van der Waals surface area contributed by atoms with Crippen molar-refractivity contribution in [2.45, 2.75) is 40.0 Å². The fourth-order valence-corrected chi connectivity index (χ4v) is 2.86. The van der Waals surface area contributed by atoms with E-state index in [-0.39, 0.29) is 6.10 Å². The van der Waals surface area contributed by atoms with Crippen molar-refractivity contribution in [2.75, 3.05) is 0 Å². The highest BCUT2D eigenvalue weighted by molar-refractivity contribution is 5.18.